The van der Waals surface area contributed by atoms with Crippen LogP contribution in [0, 0.1) is 11.7 Å². The fraction of sp³-hybridized carbons (Fsp3) is 0.368. The molecule has 1 aliphatic rings. The summed E-state index contributed by atoms with van der Waals surface area (Å²) in [4.78, 5) is 0. The number of halogens is 1. The summed E-state index contributed by atoms with van der Waals surface area (Å²) >= 11 is 0. The van der Waals surface area contributed by atoms with Crippen molar-refractivity contribution in [3.63, 3.8) is 0 Å². The molecule has 0 fully saturated rings. The Labute approximate surface area is 136 Å². The maximum atomic E-state index is 13.5. The van der Waals surface area contributed by atoms with E-state index in [1.165, 1.54) is 24.4 Å². The summed E-state index contributed by atoms with van der Waals surface area (Å²) in [5.74, 6) is 0.524. The standard InChI is InChI=1S/C19H23FN2O/c1-13(15-7-8-17(20)19(10-15)23-2)21-11-14-9-16-5-3-4-6-18(16)22-12-14/h3-8,10,13-14,21-22H,9,11-12H2,1-2H3/t13-,14?/m1/s1. The Morgan fingerprint density at radius 1 is 1.30 bits per heavy atom. The third-order valence-corrected chi connectivity index (χ3v) is 4.50. The Bertz CT molecular complexity index is 674. The van der Waals surface area contributed by atoms with Crippen molar-refractivity contribution in [2.45, 2.75) is 19.4 Å². The summed E-state index contributed by atoms with van der Waals surface area (Å²) in [6.45, 7) is 3.99. The van der Waals surface area contributed by atoms with Crippen LogP contribution in [0.2, 0.25) is 0 Å². The highest BCUT2D eigenvalue weighted by molar-refractivity contribution is 5.53. The second kappa shape index (κ2) is 7.01. The van der Waals surface area contributed by atoms with Crippen molar-refractivity contribution in [3.05, 3.63) is 59.4 Å². The molecule has 4 heteroatoms. The molecule has 23 heavy (non-hydrogen) atoms. The fourth-order valence-corrected chi connectivity index (χ4v) is 3.06. The average molecular weight is 314 g/mol. The van der Waals surface area contributed by atoms with Crippen LogP contribution in [0.1, 0.15) is 24.1 Å². The summed E-state index contributed by atoms with van der Waals surface area (Å²) in [6, 6.07) is 13.7. The van der Waals surface area contributed by atoms with Crippen molar-refractivity contribution < 1.29 is 9.13 Å². The fourth-order valence-electron chi connectivity index (χ4n) is 3.06. The summed E-state index contributed by atoms with van der Waals surface area (Å²) in [7, 11) is 1.49. The van der Waals surface area contributed by atoms with Gasteiger partial charge in [-0.3, -0.25) is 0 Å². The summed E-state index contributed by atoms with van der Waals surface area (Å²) in [5, 5.41) is 7.04. The van der Waals surface area contributed by atoms with Crippen molar-refractivity contribution in [2.24, 2.45) is 5.92 Å². The number of anilines is 1. The van der Waals surface area contributed by atoms with Gasteiger partial charge in [0.1, 0.15) is 0 Å². The second-order valence-electron chi connectivity index (χ2n) is 6.13. The van der Waals surface area contributed by atoms with Crippen molar-refractivity contribution in [3.8, 4) is 5.75 Å². The number of rotatable bonds is 5. The van der Waals surface area contributed by atoms with Gasteiger partial charge in [0.2, 0.25) is 0 Å². The number of para-hydroxylation sites is 1. The number of benzene rings is 2. The van der Waals surface area contributed by atoms with Crippen LogP contribution in [0.4, 0.5) is 10.1 Å². The van der Waals surface area contributed by atoms with E-state index in [9.17, 15) is 4.39 Å². The first kappa shape index (κ1) is 15.8. The third kappa shape index (κ3) is 3.64. The zero-order chi connectivity index (χ0) is 16.2. The Morgan fingerprint density at radius 3 is 2.96 bits per heavy atom. The molecule has 122 valence electrons. The third-order valence-electron chi connectivity index (χ3n) is 4.50. The van der Waals surface area contributed by atoms with E-state index in [2.05, 4.69) is 41.8 Å². The topological polar surface area (TPSA) is 33.3 Å². The molecule has 1 unspecified atom stereocenters. The van der Waals surface area contributed by atoms with Crippen LogP contribution in [0.15, 0.2) is 42.5 Å². The minimum absolute atomic E-state index is 0.154. The number of nitrogens with one attached hydrogen (secondary N) is 2. The normalized spacial score (nSPS) is 18.0. The molecule has 2 N–H and O–H groups in total. The van der Waals surface area contributed by atoms with E-state index in [0.29, 0.717) is 11.7 Å². The lowest BCUT2D eigenvalue weighted by Crippen LogP contribution is -2.33. The molecule has 2 atom stereocenters. The molecule has 0 spiro atoms. The van der Waals surface area contributed by atoms with Gasteiger partial charge in [-0.25, -0.2) is 4.39 Å². The number of ether oxygens (including phenoxy) is 1. The SMILES string of the molecule is COc1cc([C@@H](C)NCC2CNc3ccccc3C2)ccc1F. The molecule has 0 aliphatic carbocycles. The van der Waals surface area contributed by atoms with E-state index >= 15 is 0 Å². The van der Waals surface area contributed by atoms with Gasteiger partial charge in [-0.15, -0.1) is 0 Å². The lowest BCUT2D eigenvalue weighted by molar-refractivity contribution is 0.384. The van der Waals surface area contributed by atoms with Crippen molar-refractivity contribution in [1.82, 2.24) is 5.32 Å². The van der Waals surface area contributed by atoms with Gasteiger partial charge < -0.3 is 15.4 Å². The predicted molar refractivity (Wildman–Crippen MR) is 91.5 cm³/mol. The Kier molecular flexibility index (Phi) is 4.82. The summed E-state index contributed by atoms with van der Waals surface area (Å²) in [5.41, 5.74) is 3.66. The van der Waals surface area contributed by atoms with Gasteiger partial charge in [0, 0.05) is 24.8 Å². The molecular formula is C19H23FN2O. The first-order valence-electron chi connectivity index (χ1n) is 8.06. The Morgan fingerprint density at radius 2 is 2.13 bits per heavy atom. The Balaban J connectivity index is 1.58. The van der Waals surface area contributed by atoms with Gasteiger partial charge in [-0.2, -0.15) is 0 Å². The monoisotopic (exact) mass is 314 g/mol. The molecule has 0 saturated carbocycles. The average Bonchev–Trinajstić information content (AvgIpc) is 2.60. The molecular weight excluding hydrogens is 291 g/mol. The molecule has 0 bridgehead atoms. The second-order valence-corrected chi connectivity index (χ2v) is 6.13. The van der Waals surface area contributed by atoms with Crippen LogP contribution >= 0.6 is 0 Å². The van der Waals surface area contributed by atoms with Crippen molar-refractivity contribution >= 4 is 5.69 Å². The van der Waals surface area contributed by atoms with Gasteiger partial charge in [0.15, 0.2) is 11.6 Å². The van der Waals surface area contributed by atoms with E-state index < -0.39 is 0 Å². The molecule has 0 saturated heterocycles. The minimum Gasteiger partial charge on any atom is -0.494 e. The van der Waals surface area contributed by atoms with Gasteiger partial charge in [0.25, 0.3) is 0 Å². The number of hydrogen-bond donors (Lipinski definition) is 2. The molecule has 0 amide bonds. The van der Waals surface area contributed by atoms with Crippen LogP contribution in [0.3, 0.4) is 0 Å². The van der Waals surface area contributed by atoms with E-state index in [1.54, 1.807) is 6.07 Å². The molecule has 1 aliphatic heterocycles. The minimum atomic E-state index is -0.323. The Hall–Kier alpha value is -2.07. The van der Waals surface area contributed by atoms with E-state index in [0.717, 1.165) is 25.1 Å². The number of fused-ring (bicyclic) bond motifs is 1. The largest absolute Gasteiger partial charge is 0.494 e. The van der Waals surface area contributed by atoms with E-state index in [1.807, 2.05) is 6.07 Å². The molecule has 3 nitrogen and oxygen atoms in total. The molecule has 1 heterocycles. The van der Waals surface area contributed by atoms with Crippen LogP contribution < -0.4 is 15.4 Å². The van der Waals surface area contributed by atoms with Gasteiger partial charge >= 0.3 is 0 Å². The lowest BCUT2D eigenvalue weighted by atomic mass is 9.93. The molecule has 0 aromatic heterocycles. The first-order valence-corrected chi connectivity index (χ1v) is 8.06. The van der Waals surface area contributed by atoms with E-state index in [-0.39, 0.29) is 11.9 Å². The van der Waals surface area contributed by atoms with Crippen LogP contribution in [0.5, 0.6) is 5.75 Å². The highest BCUT2D eigenvalue weighted by Crippen LogP contribution is 2.25. The zero-order valence-electron chi connectivity index (χ0n) is 13.6. The van der Waals surface area contributed by atoms with Crippen LogP contribution in [0.25, 0.3) is 0 Å². The van der Waals surface area contributed by atoms with Gasteiger partial charge in [-0.1, -0.05) is 24.3 Å². The van der Waals surface area contributed by atoms with Crippen molar-refractivity contribution in [2.75, 3.05) is 25.5 Å². The smallest absolute Gasteiger partial charge is 0.165 e. The van der Waals surface area contributed by atoms with Crippen molar-refractivity contribution in [1.29, 1.82) is 0 Å². The summed E-state index contributed by atoms with van der Waals surface area (Å²) in [6.07, 6.45) is 1.08. The van der Waals surface area contributed by atoms with Gasteiger partial charge in [0.05, 0.1) is 7.11 Å². The first-order chi connectivity index (χ1) is 11.2. The van der Waals surface area contributed by atoms with E-state index in [4.69, 9.17) is 4.74 Å². The van der Waals surface area contributed by atoms with Gasteiger partial charge in [-0.05, 0) is 48.6 Å². The lowest BCUT2D eigenvalue weighted by Gasteiger charge is -2.27. The molecule has 3 rings (SSSR count). The quantitative estimate of drug-likeness (QED) is 0.881. The highest BCUT2D eigenvalue weighted by atomic mass is 19.1. The number of hydrogen-bond acceptors (Lipinski definition) is 3. The molecule has 0 radical (unpaired) electrons. The zero-order valence-corrected chi connectivity index (χ0v) is 13.6. The van der Waals surface area contributed by atoms with Crippen LogP contribution in [-0.4, -0.2) is 20.2 Å². The maximum Gasteiger partial charge on any atom is 0.165 e. The number of methoxy groups -OCH3 is 1. The molecule has 2 aromatic rings. The summed E-state index contributed by atoms with van der Waals surface area (Å²) < 4.78 is 18.6. The predicted octanol–water partition coefficient (Wildman–Crippen LogP) is 3.77. The highest BCUT2D eigenvalue weighted by Gasteiger charge is 2.18. The molecule has 2 aromatic carbocycles. The van der Waals surface area contributed by atoms with Crippen LogP contribution in [-0.2, 0) is 6.42 Å². The maximum absolute atomic E-state index is 13.5.